The molecule has 0 radical (unpaired) electrons. The summed E-state index contributed by atoms with van der Waals surface area (Å²) in [6, 6.07) is 9.72. The zero-order valence-electron chi connectivity index (χ0n) is 18.2. The molecular formula is C25H23FN4O2S. The van der Waals surface area contributed by atoms with Gasteiger partial charge in [-0.25, -0.2) is 14.4 Å². The summed E-state index contributed by atoms with van der Waals surface area (Å²) in [5.41, 5.74) is 4.98. The molecule has 168 valence electrons. The molecule has 1 fully saturated rings. The van der Waals surface area contributed by atoms with Crippen molar-refractivity contribution < 1.29 is 13.6 Å². The topological polar surface area (TPSA) is 72.1 Å². The van der Waals surface area contributed by atoms with Gasteiger partial charge in [0.05, 0.1) is 28.0 Å². The fraction of sp³-hybridized carbons (Fsp3) is 0.280. The largest absolute Gasteiger partial charge is 0.443 e. The number of amides is 1. The predicted molar refractivity (Wildman–Crippen MR) is 123 cm³/mol. The molecule has 0 unspecified atom stereocenters. The minimum atomic E-state index is -0.266. The van der Waals surface area contributed by atoms with Crippen molar-refractivity contribution in [3.63, 3.8) is 0 Å². The molecule has 1 saturated heterocycles. The van der Waals surface area contributed by atoms with Crippen molar-refractivity contribution in [3.05, 3.63) is 88.6 Å². The molecule has 0 aliphatic carbocycles. The van der Waals surface area contributed by atoms with Crippen LogP contribution in [0.2, 0.25) is 0 Å². The predicted octanol–water partition coefficient (Wildman–Crippen LogP) is 5.60. The molecular weight excluding hydrogens is 439 g/mol. The fourth-order valence-electron chi connectivity index (χ4n) is 4.19. The Bertz CT molecular complexity index is 1270. The maximum Gasteiger partial charge on any atom is 0.254 e. The Kier molecular flexibility index (Phi) is 6.00. The summed E-state index contributed by atoms with van der Waals surface area (Å²) in [6.45, 7) is 2.59. The second-order valence-electron chi connectivity index (χ2n) is 8.17. The Labute approximate surface area is 195 Å². The number of pyridine rings is 1. The number of thiazole rings is 1. The van der Waals surface area contributed by atoms with Gasteiger partial charge in [0.1, 0.15) is 17.6 Å². The monoisotopic (exact) mass is 462 g/mol. The van der Waals surface area contributed by atoms with E-state index >= 15 is 0 Å². The number of carbonyl (C=O) groups excluding carboxylic acids is 1. The second kappa shape index (κ2) is 9.23. The van der Waals surface area contributed by atoms with E-state index < -0.39 is 0 Å². The van der Waals surface area contributed by atoms with Gasteiger partial charge in [-0.2, -0.15) is 0 Å². The summed E-state index contributed by atoms with van der Waals surface area (Å²) in [5.74, 6) is 0.927. The maximum absolute atomic E-state index is 13.5. The number of piperidine rings is 1. The quantitative estimate of drug-likeness (QED) is 0.386. The van der Waals surface area contributed by atoms with E-state index in [9.17, 15) is 9.18 Å². The molecule has 1 aliphatic heterocycles. The van der Waals surface area contributed by atoms with Crippen LogP contribution in [0.3, 0.4) is 0 Å². The highest BCUT2D eigenvalue weighted by molar-refractivity contribution is 7.13. The van der Waals surface area contributed by atoms with Gasteiger partial charge in [-0.05, 0) is 56.0 Å². The van der Waals surface area contributed by atoms with Crippen molar-refractivity contribution in [2.75, 3.05) is 6.54 Å². The number of nitrogens with zero attached hydrogens (tertiary/aromatic N) is 4. The number of aromatic nitrogens is 3. The zero-order valence-corrected chi connectivity index (χ0v) is 19.0. The normalized spacial score (nSPS) is 16.2. The van der Waals surface area contributed by atoms with Gasteiger partial charge in [0, 0.05) is 24.7 Å². The van der Waals surface area contributed by atoms with Crippen LogP contribution in [0.4, 0.5) is 4.39 Å². The molecule has 3 aromatic heterocycles. The number of hydrogen-bond donors (Lipinski definition) is 0. The molecule has 33 heavy (non-hydrogen) atoms. The van der Waals surface area contributed by atoms with Gasteiger partial charge >= 0.3 is 0 Å². The summed E-state index contributed by atoms with van der Waals surface area (Å²) in [5, 5.41) is 0. The molecule has 0 N–H and O–H groups in total. The van der Waals surface area contributed by atoms with Gasteiger partial charge in [0.25, 0.3) is 5.91 Å². The van der Waals surface area contributed by atoms with Crippen LogP contribution >= 0.6 is 11.3 Å². The van der Waals surface area contributed by atoms with E-state index in [1.54, 1.807) is 36.1 Å². The van der Waals surface area contributed by atoms with Gasteiger partial charge in [-0.3, -0.25) is 9.78 Å². The second-order valence-corrected chi connectivity index (χ2v) is 9.03. The van der Waals surface area contributed by atoms with Crippen LogP contribution in [-0.4, -0.2) is 32.3 Å². The van der Waals surface area contributed by atoms with Crippen LogP contribution in [0, 0.1) is 12.7 Å². The molecule has 5 rings (SSSR count). The van der Waals surface area contributed by atoms with Crippen molar-refractivity contribution in [1.29, 1.82) is 0 Å². The number of hydrogen-bond acceptors (Lipinski definition) is 6. The smallest absolute Gasteiger partial charge is 0.254 e. The third kappa shape index (κ3) is 4.57. The summed E-state index contributed by atoms with van der Waals surface area (Å²) < 4.78 is 19.2. The molecule has 1 atom stereocenters. The molecule has 0 bridgehead atoms. The third-order valence-electron chi connectivity index (χ3n) is 5.90. The Hall–Kier alpha value is -3.39. The maximum atomic E-state index is 13.5. The van der Waals surface area contributed by atoms with Crippen LogP contribution in [0.25, 0.3) is 10.6 Å². The molecule has 0 saturated carbocycles. The lowest BCUT2D eigenvalue weighted by Crippen LogP contribution is -2.38. The summed E-state index contributed by atoms with van der Waals surface area (Å²) in [6.07, 6.45) is 6.65. The molecule has 0 spiro atoms. The van der Waals surface area contributed by atoms with E-state index in [0.717, 1.165) is 41.1 Å². The molecule has 4 heterocycles. The molecule has 1 amide bonds. The van der Waals surface area contributed by atoms with E-state index in [1.165, 1.54) is 23.5 Å². The van der Waals surface area contributed by atoms with Gasteiger partial charge in [-0.15, -0.1) is 11.3 Å². The van der Waals surface area contributed by atoms with Gasteiger partial charge in [0.2, 0.25) is 5.89 Å². The first kappa shape index (κ1) is 21.5. The lowest BCUT2D eigenvalue weighted by Gasteiger charge is -2.33. The van der Waals surface area contributed by atoms with Crippen molar-refractivity contribution >= 4 is 17.2 Å². The fourth-order valence-corrected chi connectivity index (χ4v) is 4.97. The lowest BCUT2D eigenvalue weighted by molar-refractivity contribution is 0.0570. The van der Waals surface area contributed by atoms with Crippen LogP contribution < -0.4 is 0 Å². The number of rotatable bonds is 5. The molecule has 1 aromatic carbocycles. The van der Waals surface area contributed by atoms with Crippen molar-refractivity contribution in [3.8, 4) is 10.6 Å². The van der Waals surface area contributed by atoms with E-state index in [0.29, 0.717) is 30.2 Å². The summed E-state index contributed by atoms with van der Waals surface area (Å²) >= 11 is 1.52. The molecule has 8 heteroatoms. The van der Waals surface area contributed by atoms with Crippen LogP contribution in [0.5, 0.6) is 0 Å². The first-order valence-corrected chi connectivity index (χ1v) is 11.8. The van der Waals surface area contributed by atoms with E-state index in [1.807, 2.05) is 17.9 Å². The van der Waals surface area contributed by atoms with Gasteiger partial charge in [-0.1, -0.05) is 12.1 Å². The highest BCUT2D eigenvalue weighted by atomic mass is 32.1. The zero-order chi connectivity index (χ0) is 22.8. The number of benzene rings is 1. The highest BCUT2D eigenvalue weighted by Crippen LogP contribution is 2.33. The molecule has 4 aromatic rings. The average molecular weight is 463 g/mol. The van der Waals surface area contributed by atoms with E-state index in [-0.39, 0.29) is 17.8 Å². The van der Waals surface area contributed by atoms with Gasteiger partial charge < -0.3 is 9.32 Å². The van der Waals surface area contributed by atoms with Crippen LogP contribution in [0.15, 0.2) is 58.7 Å². The Balaban J connectivity index is 1.37. The van der Waals surface area contributed by atoms with Crippen LogP contribution in [0.1, 0.15) is 58.6 Å². The Morgan fingerprint density at radius 2 is 2.03 bits per heavy atom. The number of aryl methyl sites for hydroxylation is 1. The highest BCUT2D eigenvalue weighted by Gasteiger charge is 2.32. The summed E-state index contributed by atoms with van der Waals surface area (Å²) in [4.78, 5) is 29.6. The van der Waals surface area contributed by atoms with Crippen molar-refractivity contribution in [1.82, 2.24) is 19.9 Å². The van der Waals surface area contributed by atoms with Crippen LogP contribution in [-0.2, 0) is 6.42 Å². The number of likely N-dealkylation sites (tertiary alicyclic amines) is 1. The van der Waals surface area contributed by atoms with Gasteiger partial charge in [0.15, 0.2) is 0 Å². The Morgan fingerprint density at radius 3 is 2.82 bits per heavy atom. The van der Waals surface area contributed by atoms with E-state index in [2.05, 4.69) is 15.0 Å². The lowest BCUT2D eigenvalue weighted by atomic mass is 10.0. The first-order valence-electron chi connectivity index (χ1n) is 10.9. The van der Waals surface area contributed by atoms with Crippen molar-refractivity contribution in [2.45, 2.75) is 38.6 Å². The SMILES string of the molecule is Cc1ncsc1-c1cc(C(=O)N2CCCC[C@@H]2c2ncc(Cc3ccc(F)cc3)o2)ccn1. The average Bonchev–Trinajstić information content (AvgIpc) is 3.49. The molecule has 6 nitrogen and oxygen atoms in total. The molecule has 1 aliphatic rings. The number of halogens is 1. The number of oxazole rings is 1. The Morgan fingerprint density at radius 1 is 1.18 bits per heavy atom. The standard InChI is InChI=1S/C25H23FN4O2S/c1-16-23(33-15-29-16)21-13-18(9-10-27-21)25(31)30-11-3-2-4-22(30)24-28-14-20(32-24)12-17-5-7-19(26)8-6-17/h5-10,13-15,22H,2-4,11-12H2,1H3/t22-/m1/s1. The minimum Gasteiger partial charge on any atom is -0.443 e. The minimum absolute atomic E-state index is 0.0520. The first-order chi connectivity index (χ1) is 16.1. The van der Waals surface area contributed by atoms with E-state index in [4.69, 9.17) is 4.42 Å². The third-order valence-corrected chi connectivity index (χ3v) is 6.85. The number of carbonyl (C=O) groups is 1. The summed E-state index contributed by atoms with van der Waals surface area (Å²) in [7, 11) is 0. The van der Waals surface area contributed by atoms with Crippen molar-refractivity contribution in [2.24, 2.45) is 0 Å².